The van der Waals surface area contributed by atoms with Gasteiger partial charge >= 0.3 is 0 Å². The first kappa shape index (κ1) is 13.1. The van der Waals surface area contributed by atoms with Gasteiger partial charge in [-0.2, -0.15) is 0 Å². The third-order valence-electron chi connectivity index (χ3n) is 2.45. The number of ether oxygens (including phenoxy) is 1. The Hall–Kier alpha value is -1.33. The Balaban J connectivity index is 2.06. The van der Waals surface area contributed by atoms with Crippen LogP contribution in [0.25, 0.3) is 0 Å². The molecule has 1 aromatic carbocycles. The first-order valence-electron chi connectivity index (χ1n) is 5.50. The number of nitrogens with one attached hydrogen (secondary N) is 1. The monoisotopic (exact) mass is 283 g/mol. The van der Waals surface area contributed by atoms with Crippen molar-refractivity contribution in [1.82, 2.24) is 10.2 Å². The van der Waals surface area contributed by atoms with Crippen LogP contribution in [-0.4, -0.2) is 17.2 Å². The van der Waals surface area contributed by atoms with E-state index < -0.39 is 0 Å². The van der Waals surface area contributed by atoms with E-state index in [-0.39, 0.29) is 0 Å². The summed E-state index contributed by atoms with van der Waals surface area (Å²) in [5.74, 6) is 0.801. The molecule has 0 spiro atoms. The molecule has 96 valence electrons. The van der Waals surface area contributed by atoms with Gasteiger partial charge in [-0.05, 0) is 37.1 Å². The molecule has 0 fully saturated rings. The van der Waals surface area contributed by atoms with E-state index >= 15 is 0 Å². The van der Waals surface area contributed by atoms with Crippen molar-refractivity contribution in [2.24, 2.45) is 0 Å². The van der Waals surface area contributed by atoms with Gasteiger partial charge in [0.05, 0.1) is 0 Å². The molecular formula is C12H14ClN3OS. The van der Waals surface area contributed by atoms with Gasteiger partial charge in [0.25, 0.3) is 0 Å². The summed E-state index contributed by atoms with van der Waals surface area (Å²) in [6.07, 6.45) is 0. The zero-order chi connectivity index (χ0) is 13.1. The summed E-state index contributed by atoms with van der Waals surface area (Å²) in [6, 6.07) is 3.85. The van der Waals surface area contributed by atoms with E-state index in [4.69, 9.17) is 16.3 Å². The smallest absolute Gasteiger partial charge is 0.205 e. The summed E-state index contributed by atoms with van der Waals surface area (Å²) < 4.78 is 5.69. The van der Waals surface area contributed by atoms with E-state index in [0.29, 0.717) is 6.61 Å². The van der Waals surface area contributed by atoms with Crippen molar-refractivity contribution in [3.63, 3.8) is 0 Å². The fourth-order valence-electron chi connectivity index (χ4n) is 1.55. The Morgan fingerprint density at radius 2 is 1.94 bits per heavy atom. The van der Waals surface area contributed by atoms with Crippen molar-refractivity contribution in [3.8, 4) is 5.75 Å². The van der Waals surface area contributed by atoms with E-state index in [2.05, 4.69) is 15.5 Å². The Kier molecular flexibility index (Phi) is 4.04. The maximum Gasteiger partial charge on any atom is 0.205 e. The highest BCUT2D eigenvalue weighted by Crippen LogP contribution is 2.26. The predicted octanol–water partition coefficient (Wildman–Crippen LogP) is 3.43. The topological polar surface area (TPSA) is 47.0 Å². The molecule has 1 heterocycles. The third-order valence-corrected chi connectivity index (χ3v) is 3.96. The first-order valence-corrected chi connectivity index (χ1v) is 6.69. The van der Waals surface area contributed by atoms with Crippen molar-refractivity contribution >= 4 is 28.1 Å². The van der Waals surface area contributed by atoms with E-state index in [9.17, 15) is 0 Å². The van der Waals surface area contributed by atoms with Crippen LogP contribution in [0.3, 0.4) is 0 Å². The minimum absolute atomic E-state index is 0.417. The molecule has 2 aromatic rings. The lowest BCUT2D eigenvalue weighted by atomic mass is 10.1. The molecule has 0 aliphatic rings. The molecule has 6 heteroatoms. The first-order chi connectivity index (χ1) is 8.60. The Bertz CT molecular complexity index is 533. The second-order valence-corrected chi connectivity index (χ2v) is 5.35. The maximum atomic E-state index is 6.10. The zero-order valence-corrected chi connectivity index (χ0v) is 12.0. The molecule has 1 aromatic heterocycles. The van der Waals surface area contributed by atoms with Crippen LogP contribution < -0.4 is 10.1 Å². The lowest BCUT2D eigenvalue weighted by Gasteiger charge is -2.08. The van der Waals surface area contributed by atoms with E-state index in [1.54, 1.807) is 0 Å². The van der Waals surface area contributed by atoms with Crippen molar-refractivity contribution in [1.29, 1.82) is 0 Å². The van der Waals surface area contributed by atoms with Gasteiger partial charge in [-0.25, -0.2) is 0 Å². The highest BCUT2D eigenvalue weighted by atomic mass is 35.5. The number of halogens is 1. The molecule has 1 N–H and O–H groups in total. The van der Waals surface area contributed by atoms with Crippen LogP contribution in [0, 0.1) is 13.8 Å². The molecule has 2 rings (SSSR count). The third kappa shape index (κ3) is 2.91. The SMILES string of the molecule is CNc1nnc(COc2cc(C)c(Cl)c(C)c2)s1. The van der Waals surface area contributed by atoms with E-state index in [1.807, 2.05) is 33.0 Å². The summed E-state index contributed by atoms with van der Waals surface area (Å²) >= 11 is 7.58. The van der Waals surface area contributed by atoms with Crippen LogP contribution in [0.2, 0.25) is 5.02 Å². The quantitative estimate of drug-likeness (QED) is 0.934. The molecule has 0 aliphatic carbocycles. The van der Waals surface area contributed by atoms with Crippen LogP contribution in [-0.2, 0) is 6.61 Å². The van der Waals surface area contributed by atoms with E-state index in [1.165, 1.54) is 11.3 Å². The van der Waals surface area contributed by atoms with Crippen LogP contribution in [0.4, 0.5) is 5.13 Å². The molecule has 0 atom stereocenters. The fourth-order valence-corrected chi connectivity index (χ4v) is 2.26. The van der Waals surface area contributed by atoms with Gasteiger partial charge in [0.2, 0.25) is 5.13 Å². The van der Waals surface area contributed by atoms with Gasteiger partial charge in [-0.1, -0.05) is 22.9 Å². The van der Waals surface area contributed by atoms with Gasteiger partial charge in [-0.15, -0.1) is 10.2 Å². The standard InChI is InChI=1S/C12H14ClN3OS/c1-7-4-9(5-8(2)11(7)13)17-6-10-15-16-12(14-3)18-10/h4-5H,6H2,1-3H3,(H,14,16). The lowest BCUT2D eigenvalue weighted by molar-refractivity contribution is 0.304. The number of anilines is 1. The maximum absolute atomic E-state index is 6.10. The highest BCUT2D eigenvalue weighted by Gasteiger charge is 2.06. The van der Waals surface area contributed by atoms with Crippen molar-refractivity contribution in [2.75, 3.05) is 12.4 Å². The molecule has 0 saturated heterocycles. The average Bonchev–Trinajstić information content (AvgIpc) is 2.81. The number of hydrogen-bond donors (Lipinski definition) is 1. The number of nitrogens with zero attached hydrogens (tertiary/aromatic N) is 2. The van der Waals surface area contributed by atoms with Gasteiger partial charge in [0, 0.05) is 12.1 Å². The number of aryl methyl sites for hydroxylation is 2. The normalized spacial score (nSPS) is 10.4. The fraction of sp³-hybridized carbons (Fsp3) is 0.333. The molecule has 0 radical (unpaired) electrons. The van der Waals surface area contributed by atoms with Gasteiger partial charge in [-0.3, -0.25) is 0 Å². The summed E-state index contributed by atoms with van der Waals surface area (Å²) in [5, 5.41) is 13.3. The number of hydrogen-bond acceptors (Lipinski definition) is 5. The van der Waals surface area contributed by atoms with Crippen LogP contribution in [0.1, 0.15) is 16.1 Å². The summed E-state index contributed by atoms with van der Waals surface area (Å²) in [5.41, 5.74) is 2.03. The van der Waals surface area contributed by atoms with Crippen LogP contribution >= 0.6 is 22.9 Å². The molecule has 0 aliphatic heterocycles. The minimum Gasteiger partial charge on any atom is -0.486 e. The molecule has 4 nitrogen and oxygen atoms in total. The summed E-state index contributed by atoms with van der Waals surface area (Å²) in [7, 11) is 1.82. The molecule has 0 saturated carbocycles. The molecule has 0 amide bonds. The predicted molar refractivity (Wildman–Crippen MR) is 74.7 cm³/mol. The van der Waals surface area contributed by atoms with Gasteiger partial charge in [0.15, 0.2) is 5.01 Å². The summed E-state index contributed by atoms with van der Waals surface area (Å²) in [6.45, 7) is 4.35. The van der Waals surface area contributed by atoms with Crippen molar-refractivity contribution in [2.45, 2.75) is 20.5 Å². The van der Waals surface area contributed by atoms with Crippen molar-refractivity contribution < 1.29 is 4.74 Å². The number of benzene rings is 1. The number of rotatable bonds is 4. The van der Waals surface area contributed by atoms with Gasteiger partial charge < -0.3 is 10.1 Å². The Labute approximate surface area is 115 Å². The minimum atomic E-state index is 0.417. The molecule has 0 unspecified atom stereocenters. The lowest BCUT2D eigenvalue weighted by Crippen LogP contribution is -1.96. The average molecular weight is 284 g/mol. The van der Waals surface area contributed by atoms with Gasteiger partial charge in [0.1, 0.15) is 12.4 Å². The van der Waals surface area contributed by atoms with Crippen LogP contribution in [0.5, 0.6) is 5.75 Å². The van der Waals surface area contributed by atoms with Crippen LogP contribution in [0.15, 0.2) is 12.1 Å². The zero-order valence-electron chi connectivity index (χ0n) is 10.5. The van der Waals surface area contributed by atoms with Crippen molar-refractivity contribution in [3.05, 3.63) is 33.3 Å². The highest BCUT2D eigenvalue weighted by molar-refractivity contribution is 7.15. The largest absolute Gasteiger partial charge is 0.486 e. The summed E-state index contributed by atoms with van der Waals surface area (Å²) in [4.78, 5) is 0. The molecular weight excluding hydrogens is 270 g/mol. The molecule has 0 bridgehead atoms. The molecule has 18 heavy (non-hydrogen) atoms. The Morgan fingerprint density at radius 1 is 1.28 bits per heavy atom. The van der Waals surface area contributed by atoms with E-state index in [0.717, 1.165) is 32.0 Å². The second kappa shape index (κ2) is 5.54. The second-order valence-electron chi connectivity index (χ2n) is 3.91. The number of aromatic nitrogens is 2. The Morgan fingerprint density at radius 3 is 2.50 bits per heavy atom.